The average Bonchev–Trinajstić information content (AvgIpc) is 3.81. The minimum absolute atomic E-state index is 0.466. The summed E-state index contributed by atoms with van der Waals surface area (Å²) in [5.74, 6) is 0.680. The molecule has 0 saturated heterocycles. The molecule has 1 aliphatic rings. The topological polar surface area (TPSA) is 38.9 Å². The van der Waals surface area contributed by atoms with Gasteiger partial charge < -0.3 is 4.42 Å². The summed E-state index contributed by atoms with van der Waals surface area (Å²) in [4.78, 5) is 10.4. The van der Waals surface area contributed by atoms with E-state index in [0.29, 0.717) is 5.82 Å². The van der Waals surface area contributed by atoms with Crippen molar-refractivity contribution < 1.29 is 4.42 Å². The minimum atomic E-state index is -0.466. The molecule has 0 spiro atoms. The number of benzene rings is 8. The fourth-order valence-electron chi connectivity index (χ4n) is 8.92. The highest BCUT2D eigenvalue weighted by molar-refractivity contribution is 6.12. The van der Waals surface area contributed by atoms with E-state index in [1.165, 1.54) is 33.4 Å². The zero-order chi connectivity index (χ0) is 37.1. The summed E-state index contributed by atoms with van der Waals surface area (Å²) in [7, 11) is 0. The SMILES string of the molecule is c1ccc(-c2nc(-c3cccc(-c4ccc5c(c4)C(c4ccccc4)(c4ccccc4)c4ccccc4-5)c3)cc(-c3cccc4oc5ccccc5c34)n2)cc1. The highest BCUT2D eigenvalue weighted by Gasteiger charge is 2.46. The van der Waals surface area contributed by atoms with Crippen LogP contribution >= 0.6 is 0 Å². The van der Waals surface area contributed by atoms with Gasteiger partial charge in [-0.15, -0.1) is 0 Å². The molecule has 2 aromatic heterocycles. The summed E-state index contributed by atoms with van der Waals surface area (Å²) in [6.45, 7) is 0. The second-order valence-electron chi connectivity index (χ2n) is 14.5. The van der Waals surface area contributed by atoms with E-state index in [1.54, 1.807) is 0 Å². The molecule has 10 aromatic rings. The van der Waals surface area contributed by atoms with Crippen LogP contribution in [0.2, 0.25) is 0 Å². The standard InChI is InChI=1S/C53H34N2O/c1-4-16-35(17-5-1)52-54-47(34-48(55-52)43-26-15-29-50-51(43)44-25-11-13-28-49(44)56-50)38-19-14-18-36(32-38)37-30-31-42-41-24-10-12-27-45(41)53(46(42)33-37,39-20-6-2-7-21-39)40-22-8-3-9-23-40/h1-34H. The summed E-state index contributed by atoms with van der Waals surface area (Å²) in [6, 6.07) is 73.4. The van der Waals surface area contributed by atoms with Gasteiger partial charge in [-0.3, -0.25) is 0 Å². The van der Waals surface area contributed by atoms with E-state index in [0.717, 1.165) is 61.1 Å². The van der Waals surface area contributed by atoms with E-state index < -0.39 is 5.41 Å². The Morgan fingerprint density at radius 1 is 0.357 bits per heavy atom. The van der Waals surface area contributed by atoms with Gasteiger partial charge >= 0.3 is 0 Å². The third-order valence-corrected chi connectivity index (χ3v) is 11.4. The third kappa shape index (κ3) is 4.98. The Morgan fingerprint density at radius 2 is 0.929 bits per heavy atom. The largest absolute Gasteiger partial charge is 0.456 e. The number of furan rings is 1. The Hall–Kier alpha value is -7.36. The molecule has 0 fully saturated rings. The van der Waals surface area contributed by atoms with E-state index in [-0.39, 0.29) is 0 Å². The molecule has 262 valence electrons. The Bertz CT molecular complexity index is 3040. The van der Waals surface area contributed by atoms with Crippen LogP contribution in [0.5, 0.6) is 0 Å². The van der Waals surface area contributed by atoms with E-state index >= 15 is 0 Å². The number of hydrogen-bond donors (Lipinski definition) is 0. The van der Waals surface area contributed by atoms with Crippen LogP contribution in [0.4, 0.5) is 0 Å². The van der Waals surface area contributed by atoms with Crippen LogP contribution in [0.3, 0.4) is 0 Å². The first-order chi connectivity index (χ1) is 27.8. The van der Waals surface area contributed by atoms with Crippen molar-refractivity contribution in [3.63, 3.8) is 0 Å². The molecule has 2 heterocycles. The second kappa shape index (κ2) is 12.9. The number of rotatable bonds is 6. The lowest BCUT2D eigenvalue weighted by Gasteiger charge is -2.34. The van der Waals surface area contributed by atoms with Crippen LogP contribution in [0.1, 0.15) is 22.3 Å². The fourth-order valence-corrected chi connectivity index (χ4v) is 8.92. The van der Waals surface area contributed by atoms with Crippen molar-refractivity contribution in [2.24, 2.45) is 0 Å². The monoisotopic (exact) mass is 714 g/mol. The molecule has 11 rings (SSSR count). The number of nitrogens with zero attached hydrogens (tertiary/aromatic N) is 2. The van der Waals surface area contributed by atoms with Crippen molar-refractivity contribution in [3.05, 3.63) is 229 Å². The molecule has 0 amide bonds. The summed E-state index contributed by atoms with van der Waals surface area (Å²) in [5, 5.41) is 2.13. The smallest absolute Gasteiger partial charge is 0.160 e. The normalized spacial score (nSPS) is 12.8. The number of fused-ring (bicyclic) bond motifs is 6. The Labute approximate surface area is 325 Å². The molecule has 3 nitrogen and oxygen atoms in total. The zero-order valence-electron chi connectivity index (χ0n) is 30.4. The van der Waals surface area contributed by atoms with Gasteiger partial charge in [0.05, 0.1) is 16.8 Å². The molecule has 0 aliphatic heterocycles. The summed E-state index contributed by atoms with van der Waals surface area (Å²) in [5.41, 5.74) is 15.9. The van der Waals surface area contributed by atoms with E-state index in [4.69, 9.17) is 14.4 Å². The predicted octanol–water partition coefficient (Wildman–Crippen LogP) is 13.4. The van der Waals surface area contributed by atoms with Crippen molar-refractivity contribution in [1.29, 1.82) is 0 Å². The molecule has 0 atom stereocenters. The van der Waals surface area contributed by atoms with Gasteiger partial charge in [0.15, 0.2) is 5.82 Å². The number of hydrogen-bond acceptors (Lipinski definition) is 3. The first-order valence-corrected chi connectivity index (χ1v) is 19.1. The Balaban J connectivity index is 1.10. The molecular weight excluding hydrogens is 681 g/mol. The molecule has 8 aromatic carbocycles. The van der Waals surface area contributed by atoms with Gasteiger partial charge in [0, 0.05) is 27.5 Å². The van der Waals surface area contributed by atoms with Crippen LogP contribution in [0.25, 0.3) is 78.1 Å². The Kier molecular flexibility index (Phi) is 7.39. The molecule has 0 saturated carbocycles. The maximum absolute atomic E-state index is 6.29. The average molecular weight is 715 g/mol. The van der Waals surface area contributed by atoms with Crippen LogP contribution in [0.15, 0.2) is 211 Å². The first kappa shape index (κ1) is 32.1. The molecule has 56 heavy (non-hydrogen) atoms. The highest BCUT2D eigenvalue weighted by Crippen LogP contribution is 2.56. The van der Waals surface area contributed by atoms with E-state index in [9.17, 15) is 0 Å². The van der Waals surface area contributed by atoms with Crippen molar-refractivity contribution in [1.82, 2.24) is 9.97 Å². The van der Waals surface area contributed by atoms with Gasteiger partial charge in [0.1, 0.15) is 11.2 Å². The van der Waals surface area contributed by atoms with Gasteiger partial charge in [0.2, 0.25) is 0 Å². The van der Waals surface area contributed by atoms with Crippen LogP contribution in [-0.4, -0.2) is 9.97 Å². The summed E-state index contributed by atoms with van der Waals surface area (Å²) < 4.78 is 6.29. The van der Waals surface area contributed by atoms with Gasteiger partial charge in [0.25, 0.3) is 0 Å². The molecule has 3 heteroatoms. The first-order valence-electron chi connectivity index (χ1n) is 19.1. The maximum atomic E-state index is 6.29. The third-order valence-electron chi connectivity index (χ3n) is 11.4. The summed E-state index contributed by atoms with van der Waals surface area (Å²) in [6.07, 6.45) is 0. The molecule has 1 aliphatic carbocycles. The van der Waals surface area contributed by atoms with Gasteiger partial charge in [-0.05, 0) is 74.8 Å². The van der Waals surface area contributed by atoms with Crippen LogP contribution < -0.4 is 0 Å². The maximum Gasteiger partial charge on any atom is 0.160 e. The lowest BCUT2D eigenvalue weighted by molar-refractivity contribution is 0.669. The van der Waals surface area contributed by atoms with Crippen molar-refractivity contribution >= 4 is 21.9 Å². The predicted molar refractivity (Wildman–Crippen MR) is 228 cm³/mol. The quantitative estimate of drug-likeness (QED) is 0.172. The summed E-state index contributed by atoms with van der Waals surface area (Å²) >= 11 is 0. The van der Waals surface area contributed by atoms with Crippen molar-refractivity contribution in [2.75, 3.05) is 0 Å². The van der Waals surface area contributed by atoms with Gasteiger partial charge in [-0.1, -0.05) is 176 Å². The van der Waals surface area contributed by atoms with Crippen LogP contribution in [-0.2, 0) is 5.41 Å². The molecule has 0 radical (unpaired) electrons. The lowest BCUT2D eigenvalue weighted by Crippen LogP contribution is -2.28. The second-order valence-corrected chi connectivity index (χ2v) is 14.5. The molecule has 0 N–H and O–H groups in total. The van der Waals surface area contributed by atoms with Crippen molar-refractivity contribution in [3.8, 4) is 56.2 Å². The Morgan fingerprint density at radius 3 is 1.73 bits per heavy atom. The van der Waals surface area contributed by atoms with Gasteiger partial charge in [-0.2, -0.15) is 0 Å². The zero-order valence-corrected chi connectivity index (χ0v) is 30.4. The van der Waals surface area contributed by atoms with Gasteiger partial charge in [-0.25, -0.2) is 9.97 Å². The number of aromatic nitrogens is 2. The lowest BCUT2D eigenvalue weighted by atomic mass is 9.67. The molecule has 0 unspecified atom stereocenters. The molecular formula is C53H34N2O. The fraction of sp³-hybridized carbons (Fsp3) is 0.0189. The minimum Gasteiger partial charge on any atom is -0.456 e. The van der Waals surface area contributed by atoms with Crippen molar-refractivity contribution in [2.45, 2.75) is 5.41 Å². The highest BCUT2D eigenvalue weighted by atomic mass is 16.3. The van der Waals surface area contributed by atoms with E-state index in [1.807, 2.05) is 42.5 Å². The van der Waals surface area contributed by atoms with E-state index in [2.05, 4.69) is 164 Å². The number of para-hydroxylation sites is 1. The molecule has 0 bridgehead atoms. The van der Waals surface area contributed by atoms with Crippen LogP contribution in [0, 0.1) is 0 Å².